The molecule has 0 bridgehead atoms. The standard InChI is InChI=1S/C15H23N3O3/c1-10(17-13(19)11-5-4-8-21-11)14(20)18-7-6-12(16)15(2,3)9-18/h4-5,8,10,12H,6-7,9,16H2,1-3H3,(H,17,19). The number of carbonyl (C=O) groups excluding carboxylic acids is 2. The highest BCUT2D eigenvalue weighted by Crippen LogP contribution is 2.27. The van der Waals surface area contributed by atoms with E-state index in [9.17, 15) is 9.59 Å². The third kappa shape index (κ3) is 3.44. The van der Waals surface area contributed by atoms with Crippen LogP contribution in [0.25, 0.3) is 0 Å². The van der Waals surface area contributed by atoms with E-state index in [1.54, 1.807) is 24.0 Å². The average molecular weight is 293 g/mol. The first kappa shape index (κ1) is 15.6. The van der Waals surface area contributed by atoms with E-state index in [1.807, 2.05) is 0 Å². The molecule has 0 spiro atoms. The van der Waals surface area contributed by atoms with Gasteiger partial charge in [-0.2, -0.15) is 0 Å². The minimum Gasteiger partial charge on any atom is -0.459 e. The predicted molar refractivity (Wildman–Crippen MR) is 78.6 cm³/mol. The minimum atomic E-state index is -0.590. The number of nitrogens with zero attached hydrogens (tertiary/aromatic N) is 1. The first-order chi connectivity index (χ1) is 9.81. The van der Waals surface area contributed by atoms with Crippen molar-refractivity contribution in [1.82, 2.24) is 10.2 Å². The van der Waals surface area contributed by atoms with E-state index in [-0.39, 0.29) is 29.0 Å². The fraction of sp³-hybridized carbons (Fsp3) is 0.600. The van der Waals surface area contributed by atoms with Gasteiger partial charge in [-0.1, -0.05) is 13.8 Å². The molecule has 0 aliphatic carbocycles. The van der Waals surface area contributed by atoms with Crippen LogP contribution in [0.3, 0.4) is 0 Å². The molecule has 0 radical (unpaired) electrons. The van der Waals surface area contributed by atoms with Crippen LogP contribution in [0.5, 0.6) is 0 Å². The lowest BCUT2D eigenvalue weighted by Gasteiger charge is -2.43. The summed E-state index contributed by atoms with van der Waals surface area (Å²) in [5.41, 5.74) is 5.96. The maximum atomic E-state index is 12.4. The molecule has 21 heavy (non-hydrogen) atoms. The molecule has 2 unspecified atom stereocenters. The Morgan fingerprint density at radius 3 is 2.81 bits per heavy atom. The maximum Gasteiger partial charge on any atom is 0.287 e. The molecule has 6 heteroatoms. The lowest BCUT2D eigenvalue weighted by molar-refractivity contribution is -0.136. The molecule has 1 saturated heterocycles. The van der Waals surface area contributed by atoms with Gasteiger partial charge in [0.1, 0.15) is 6.04 Å². The molecule has 2 heterocycles. The van der Waals surface area contributed by atoms with Crippen LogP contribution in [-0.4, -0.2) is 41.9 Å². The van der Waals surface area contributed by atoms with Crippen molar-refractivity contribution in [2.45, 2.75) is 39.3 Å². The highest BCUT2D eigenvalue weighted by atomic mass is 16.3. The molecule has 0 saturated carbocycles. The Hall–Kier alpha value is -1.82. The number of likely N-dealkylation sites (tertiary alicyclic amines) is 1. The van der Waals surface area contributed by atoms with Gasteiger partial charge in [0.25, 0.3) is 5.91 Å². The van der Waals surface area contributed by atoms with Gasteiger partial charge < -0.3 is 20.4 Å². The number of carbonyl (C=O) groups is 2. The normalized spacial score (nSPS) is 22.7. The van der Waals surface area contributed by atoms with Crippen LogP contribution in [0.15, 0.2) is 22.8 Å². The number of hydrogen-bond donors (Lipinski definition) is 2. The van der Waals surface area contributed by atoms with E-state index < -0.39 is 6.04 Å². The van der Waals surface area contributed by atoms with Gasteiger partial charge in [-0.3, -0.25) is 9.59 Å². The Labute approximate surface area is 124 Å². The molecular formula is C15H23N3O3. The first-order valence-corrected chi connectivity index (χ1v) is 7.20. The van der Waals surface area contributed by atoms with Gasteiger partial charge in [0, 0.05) is 19.1 Å². The van der Waals surface area contributed by atoms with Crippen LogP contribution in [-0.2, 0) is 4.79 Å². The van der Waals surface area contributed by atoms with Gasteiger partial charge in [0.2, 0.25) is 5.91 Å². The monoisotopic (exact) mass is 293 g/mol. The number of nitrogens with one attached hydrogen (secondary N) is 1. The van der Waals surface area contributed by atoms with E-state index in [1.165, 1.54) is 6.26 Å². The molecule has 1 aliphatic rings. The van der Waals surface area contributed by atoms with Gasteiger partial charge in [-0.05, 0) is 30.9 Å². The quantitative estimate of drug-likeness (QED) is 0.869. The molecule has 6 nitrogen and oxygen atoms in total. The van der Waals surface area contributed by atoms with Crippen LogP contribution < -0.4 is 11.1 Å². The number of amides is 2. The molecule has 116 valence electrons. The zero-order chi connectivity index (χ0) is 15.6. The minimum absolute atomic E-state index is 0.0881. The van der Waals surface area contributed by atoms with Crippen LogP contribution in [0.1, 0.15) is 37.7 Å². The molecule has 2 rings (SSSR count). The number of rotatable bonds is 3. The second-order valence-corrected chi connectivity index (χ2v) is 6.32. The van der Waals surface area contributed by atoms with E-state index in [0.717, 1.165) is 6.42 Å². The molecule has 3 N–H and O–H groups in total. The summed E-state index contributed by atoms with van der Waals surface area (Å²) in [5.74, 6) is -0.264. The Morgan fingerprint density at radius 1 is 1.52 bits per heavy atom. The third-order valence-electron chi connectivity index (χ3n) is 4.09. The average Bonchev–Trinajstić information content (AvgIpc) is 2.95. The fourth-order valence-electron chi connectivity index (χ4n) is 2.57. The van der Waals surface area contributed by atoms with Gasteiger partial charge in [-0.15, -0.1) is 0 Å². The first-order valence-electron chi connectivity index (χ1n) is 7.20. The molecule has 1 fully saturated rings. The molecule has 1 aromatic heterocycles. The zero-order valence-electron chi connectivity index (χ0n) is 12.8. The molecular weight excluding hydrogens is 270 g/mol. The summed E-state index contributed by atoms with van der Waals surface area (Å²) < 4.78 is 5.02. The number of furan rings is 1. The SMILES string of the molecule is CC(NC(=O)c1ccco1)C(=O)N1CCC(N)C(C)(C)C1. The van der Waals surface area contributed by atoms with E-state index >= 15 is 0 Å². The Morgan fingerprint density at radius 2 is 2.24 bits per heavy atom. The van der Waals surface area contributed by atoms with Crippen molar-refractivity contribution < 1.29 is 14.0 Å². The van der Waals surface area contributed by atoms with Gasteiger partial charge in [-0.25, -0.2) is 0 Å². The Balaban J connectivity index is 1.95. The summed E-state index contributed by atoms with van der Waals surface area (Å²) >= 11 is 0. The van der Waals surface area contributed by atoms with Crippen LogP contribution in [0.2, 0.25) is 0 Å². The summed E-state index contributed by atoms with van der Waals surface area (Å²) in [6.07, 6.45) is 2.20. The smallest absolute Gasteiger partial charge is 0.287 e. The highest BCUT2D eigenvalue weighted by molar-refractivity contribution is 5.95. The lowest BCUT2D eigenvalue weighted by Crippen LogP contribution is -2.57. The molecule has 0 aromatic carbocycles. The molecule has 1 aromatic rings. The molecule has 2 amide bonds. The summed E-state index contributed by atoms with van der Waals surface area (Å²) in [5, 5.41) is 2.66. The van der Waals surface area contributed by atoms with Crippen molar-refractivity contribution >= 4 is 11.8 Å². The summed E-state index contributed by atoms with van der Waals surface area (Å²) in [7, 11) is 0. The van der Waals surface area contributed by atoms with E-state index in [0.29, 0.717) is 13.1 Å². The second-order valence-electron chi connectivity index (χ2n) is 6.32. The van der Waals surface area contributed by atoms with E-state index in [4.69, 9.17) is 10.2 Å². The topological polar surface area (TPSA) is 88.6 Å². The number of hydrogen-bond acceptors (Lipinski definition) is 4. The van der Waals surface area contributed by atoms with Gasteiger partial charge >= 0.3 is 0 Å². The number of nitrogens with two attached hydrogens (primary N) is 1. The predicted octanol–water partition coefficient (Wildman–Crippen LogP) is 0.984. The second kappa shape index (κ2) is 5.89. The van der Waals surface area contributed by atoms with Crippen LogP contribution in [0, 0.1) is 5.41 Å². The summed E-state index contributed by atoms with van der Waals surface area (Å²) in [6, 6.07) is 2.70. The molecule has 2 atom stereocenters. The van der Waals surface area contributed by atoms with Crippen molar-refractivity contribution in [1.29, 1.82) is 0 Å². The maximum absolute atomic E-state index is 12.4. The van der Waals surface area contributed by atoms with Gasteiger partial charge in [0.05, 0.1) is 6.26 Å². The zero-order valence-corrected chi connectivity index (χ0v) is 12.8. The summed E-state index contributed by atoms with van der Waals surface area (Å²) in [4.78, 5) is 26.1. The highest BCUT2D eigenvalue weighted by Gasteiger charge is 2.36. The van der Waals surface area contributed by atoms with E-state index in [2.05, 4.69) is 19.2 Å². The van der Waals surface area contributed by atoms with Crippen molar-refractivity contribution in [3.8, 4) is 0 Å². The summed E-state index contributed by atoms with van der Waals surface area (Å²) in [6.45, 7) is 7.04. The fourth-order valence-corrected chi connectivity index (χ4v) is 2.57. The lowest BCUT2D eigenvalue weighted by atomic mass is 9.79. The van der Waals surface area contributed by atoms with Crippen molar-refractivity contribution in [2.24, 2.45) is 11.1 Å². The van der Waals surface area contributed by atoms with Crippen molar-refractivity contribution in [3.05, 3.63) is 24.2 Å². The van der Waals surface area contributed by atoms with Crippen molar-refractivity contribution in [2.75, 3.05) is 13.1 Å². The largest absolute Gasteiger partial charge is 0.459 e. The Bertz CT molecular complexity index is 510. The third-order valence-corrected chi connectivity index (χ3v) is 4.09. The van der Waals surface area contributed by atoms with Crippen LogP contribution >= 0.6 is 0 Å². The van der Waals surface area contributed by atoms with Gasteiger partial charge in [0.15, 0.2) is 5.76 Å². The molecule has 1 aliphatic heterocycles. The Kier molecular flexibility index (Phi) is 4.37. The number of piperidine rings is 1. The van der Waals surface area contributed by atoms with Crippen LogP contribution in [0.4, 0.5) is 0 Å². The van der Waals surface area contributed by atoms with Crippen molar-refractivity contribution in [3.63, 3.8) is 0 Å².